The van der Waals surface area contributed by atoms with Gasteiger partial charge in [0.15, 0.2) is 0 Å². The predicted octanol–water partition coefficient (Wildman–Crippen LogP) is 6.13. The number of phenols is 1. The number of aromatic hydroxyl groups is 1. The summed E-state index contributed by atoms with van der Waals surface area (Å²) in [7, 11) is 0. The normalized spacial score (nSPS) is 27.1. The summed E-state index contributed by atoms with van der Waals surface area (Å²) < 4.78 is 6.44. The molecule has 0 bridgehead atoms. The van der Waals surface area contributed by atoms with Crippen LogP contribution in [0.25, 0.3) is 0 Å². The fraction of sp³-hybridized carbons (Fsp3) is 0.652. The lowest BCUT2D eigenvalue weighted by Crippen LogP contribution is -2.45. The SMILES string of the molecule is CCCCCc1cc(O)c2c(c1)OC(C)(C)C1CCC(C3CC3)=CC21. The lowest BCUT2D eigenvalue weighted by atomic mass is 9.67. The van der Waals surface area contributed by atoms with Gasteiger partial charge in [-0.15, -0.1) is 0 Å². The second-order valence-corrected chi connectivity index (χ2v) is 8.88. The van der Waals surface area contributed by atoms with E-state index < -0.39 is 0 Å². The van der Waals surface area contributed by atoms with Gasteiger partial charge in [-0.3, -0.25) is 0 Å². The average Bonchev–Trinajstić information content (AvgIpc) is 3.38. The van der Waals surface area contributed by atoms with Gasteiger partial charge in [0, 0.05) is 17.4 Å². The van der Waals surface area contributed by atoms with Crippen LogP contribution in [0, 0.1) is 11.8 Å². The summed E-state index contributed by atoms with van der Waals surface area (Å²) in [6.45, 7) is 6.68. The summed E-state index contributed by atoms with van der Waals surface area (Å²) in [5, 5.41) is 10.8. The van der Waals surface area contributed by atoms with Crippen molar-refractivity contribution in [3.63, 3.8) is 0 Å². The molecule has 2 aliphatic carbocycles. The van der Waals surface area contributed by atoms with Crippen molar-refractivity contribution in [2.24, 2.45) is 11.8 Å². The van der Waals surface area contributed by atoms with E-state index in [0.29, 0.717) is 17.6 Å². The Morgan fingerprint density at radius 3 is 2.68 bits per heavy atom. The summed E-state index contributed by atoms with van der Waals surface area (Å²) in [5.74, 6) is 2.96. The van der Waals surface area contributed by atoms with E-state index in [1.165, 1.54) is 50.5 Å². The minimum Gasteiger partial charge on any atom is -0.507 e. The molecule has 0 saturated heterocycles. The summed E-state index contributed by atoms with van der Waals surface area (Å²) in [5.41, 5.74) is 3.72. The molecular formula is C23H32O2. The molecule has 2 heteroatoms. The third kappa shape index (κ3) is 3.20. The van der Waals surface area contributed by atoms with Gasteiger partial charge in [-0.2, -0.15) is 0 Å². The number of aryl methyl sites for hydroxylation is 1. The molecule has 1 saturated carbocycles. The fourth-order valence-corrected chi connectivity index (χ4v) is 4.96. The molecule has 1 aromatic carbocycles. The molecule has 0 amide bonds. The van der Waals surface area contributed by atoms with E-state index >= 15 is 0 Å². The number of ether oxygens (including phenoxy) is 1. The Kier molecular flexibility index (Phi) is 4.33. The Bertz CT molecular complexity index is 682. The van der Waals surface area contributed by atoms with Crippen LogP contribution >= 0.6 is 0 Å². The highest BCUT2D eigenvalue weighted by Gasteiger charge is 2.46. The summed E-state index contributed by atoms with van der Waals surface area (Å²) >= 11 is 0. The first kappa shape index (κ1) is 17.0. The molecule has 1 aliphatic heterocycles. The number of hydrogen-bond donors (Lipinski definition) is 1. The Morgan fingerprint density at radius 1 is 1.16 bits per heavy atom. The van der Waals surface area contributed by atoms with Gasteiger partial charge in [-0.25, -0.2) is 0 Å². The molecule has 136 valence electrons. The predicted molar refractivity (Wildman–Crippen MR) is 102 cm³/mol. The highest BCUT2D eigenvalue weighted by molar-refractivity contribution is 5.54. The Morgan fingerprint density at radius 2 is 1.96 bits per heavy atom. The van der Waals surface area contributed by atoms with Crippen molar-refractivity contribution >= 4 is 0 Å². The Balaban J connectivity index is 1.70. The van der Waals surface area contributed by atoms with Gasteiger partial charge in [0.25, 0.3) is 0 Å². The molecule has 2 nitrogen and oxygen atoms in total. The van der Waals surface area contributed by atoms with Crippen LogP contribution in [0.15, 0.2) is 23.8 Å². The smallest absolute Gasteiger partial charge is 0.127 e. The highest BCUT2D eigenvalue weighted by Crippen LogP contribution is 2.55. The standard InChI is InChI=1S/C23H32O2/c1-4-5-6-7-15-12-20(24)22-18-14-17(16-8-9-16)10-11-19(18)23(2,3)25-21(22)13-15/h12-14,16,18-19,24H,4-11H2,1-3H3. The Labute approximate surface area is 152 Å². The van der Waals surface area contributed by atoms with Crippen molar-refractivity contribution in [1.82, 2.24) is 0 Å². The molecule has 1 heterocycles. The van der Waals surface area contributed by atoms with Crippen LogP contribution in [0.2, 0.25) is 0 Å². The molecule has 2 unspecified atom stereocenters. The number of rotatable bonds is 5. The van der Waals surface area contributed by atoms with Crippen molar-refractivity contribution in [2.75, 3.05) is 0 Å². The summed E-state index contributed by atoms with van der Waals surface area (Å²) in [4.78, 5) is 0. The van der Waals surface area contributed by atoms with Crippen LogP contribution in [-0.2, 0) is 6.42 Å². The van der Waals surface area contributed by atoms with Crippen LogP contribution in [0.4, 0.5) is 0 Å². The monoisotopic (exact) mass is 340 g/mol. The average molecular weight is 341 g/mol. The maximum absolute atomic E-state index is 10.8. The van der Waals surface area contributed by atoms with Crippen LogP contribution < -0.4 is 4.74 Å². The first-order chi connectivity index (χ1) is 12.0. The van der Waals surface area contributed by atoms with Crippen LogP contribution in [0.3, 0.4) is 0 Å². The number of allylic oxidation sites excluding steroid dienone is 2. The van der Waals surface area contributed by atoms with Crippen molar-refractivity contribution in [3.8, 4) is 11.5 Å². The number of hydrogen-bond acceptors (Lipinski definition) is 2. The Hall–Kier alpha value is -1.44. The zero-order chi connectivity index (χ0) is 17.6. The summed E-state index contributed by atoms with van der Waals surface area (Å²) in [6.07, 6.45) is 12.3. The molecule has 25 heavy (non-hydrogen) atoms. The second-order valence-electron chi connectivity index (χ2n) is 8.88. The maximum Gasteiger partial charge on any atom is 0.127 e. The van der Waals surface area contributed by atoms with Gasteiger partial charge < -0.3 is 9.84 Å². The van der Waals surface area contributed by atoms with E-state index in [2.05, 4.69) is 32.9 Å². The molecule has 1 aromatic rings. The van der Waals surface area contributed by atoms with Crippen LogP contribution in [-0.4, -0.2) is 10.7 Å². The molecule has 1 N–H and O–H groups in total. The van der Waals surface area contributed by atoms with Crippen molar-refractivity contribution < 1.29 is 9.84 Å². The first-order valence-corrected chi connectivity index (χ1v) is 10.2. The van der Waals surface area contributed by atoms with Crippen LogP contribution in [0.1, 0.15) is 82.8 Å². The van der Waals surface area contributed by atoms with Gasteiger partial charge in [-0.1, -0.05) is 31.4 Å². The largest absolute Gasteiger partial charge is 0.507 e. The topological polar surface area (TPSA) is 29.5 Å². The van der Waals surface area contributed by atoms with Crippen LogP contribution in [0.5, 0.6) is 11.5 Å². The lowest BCUT2D eigenvalue weighted by molar-refractivity contribution is 0.0104. The van der Waals surface area contributed by atoms with Gasteiger partial charge in [0.1, 0.15) is 17.1 Å². The van der Waals surface area contributed by atoms with Crippen molar-refractivity contribution in [2.45, 2.75) is 83.7 Å². The van der Waals surface area contributed by atoms with E-state index in [4.69, 9.17) is 4.74 Å². The molecular weight excluding hydrogens is 308 g/mol. The van der Waals surface area contributed by atoms with Crippen molar-refractivity contribution in [3.05, 3.63) is 34.9 Å². The van der Waals surface area contributed by atoms with E-state index in [9.17, 15) is 5.11 Å². The van der Waals surface area contributed by atoms with E-state index in [-0.39, 0.29) is 5.60 Å². The second kappa shape index (κ2) is 6.37. The molecule has 4 rings (SSSR count). The number of benzene rings is 1. The van der Waals surface area contributed by atoms with Crippen molar-refractivity contribution in [1.29, 1.82) is 0 Å². The number of unbranched alkanes of at least 4 members (excludes halogenated alkanes) is 2. The number of phenolic OH excluding ortho intramolecular Hbond substituents is 1. The first-order valence-electron chi connectivity index (χ1n) is 10.2. The van der Waals surface area contributed by atoms with Gasteiger partial charge in [0.2, 0.25) is 0 Å². The third-order valence-corrected chi connectivity index (χ3v) is 6.52. The number of fused-ring (bicyclic) bond motifs is 3. The molecule has 0 radical (unpaired) electrons. The minimum atomic E-state index is -0.169. The van der Waals surface area contributed by atoms with Gasteiger partial charge in [-0.05, 0) is 76.0 Å². The minimum absolute atomic E-state index is 0.169. The molecule has 0 spiro atoms. The molecule has 3 aliphatic rings. The molecule has 2 atom stereocenters. The lowest BCUT2D eigenvalue weighted by Gasteiger charge is -2.46. The van der Waals surface area contributed by atoms with E-state index in [0.717, 1.165) is 23.7 Å². The zero-order valence-corrected chi connectivity index (χ0v) is 16.0. The van der Waals surface area contributed by atoms with Gasteiger partial charge in [0.05, 0.1) is 0 Å². The molecule has 1 fully saturated rings. The van der Waals surface area contributed by atoms with Gasteiger partial charge >= 0.3 is 0 Å². The van der Waals surface area contributed by atoms with E-state index in [1.54, 1.807) is 5.57 Å². The zero-order valence-electron chi connectivity index (χ0n) is 16.0. The quantitative estimate of drug-likeness (QED) is 0.516. The maximum atomic E-state index is 10.8. The fourth-order valence-electron chi connectivity index (χ4n) is 4.96. The third-order valence-electron chi connectivity index (χ3n) is 6.52. The summed E-state index contributed by atoms with van der Waals surface area (Å²) in [6, 6.07) is 4.19. The van der Waals surface area contributed by atoms with E-state index in [1.807, 2.05) is 6.07 Å². The highest BCUT2D eigenvalue weighted by atomic mass is 16.5. The molecule has 0 aromatic heterocycles.